The van der Waals surface area contributed by atoms with Crippen LogP contribution in [0.1, 0.15) is 50.1 Å². The van der Waals surface area contributed by atoms with E-state index in [2.05, 4.69) is 40.4 Å². The van der Waals surface area contributed by atoms with Crippen molar-refractivity contribution < 1.29 is 4.74 Å². The van der Waals surface area contributed by atoms with Crippen LogP contribution in [-0.4, -0.2) is 19.3 Å². The Hall–Kier alpha value is -0.0900. The van der Waals surface area contributed by atoms with E-state index in [9.17, 15) is 0 Å². The molecule has 116 valence electrons. The maximum absolute atomic E-state index is 6.17. The number of ether oxygens (including phenoxy) is 1. The largest absolute Gasteiger partial charge is 0.375 e. The van der Waals surface area contributed by atoms with Gasteiger partial charge in [0, 0.05) is 17.1 Å². The second-order valence-corrected chi connectivity index (χ2v) is 7.69. The Morgan fingerprint density at radius 3 is 2.81 bits per heavy atom. The average Bonchev–Trinajstić information content (AvgIpc) is 2.91. The summed E-state index contributed by atoms with van der Waals surface area (Å²) < 4.78 is 7.15. The first-order valence-electron chi connectivity index (χ1n) is 7.90. The van der Waals surface area contributed by atoms with Gasteiger partial charge in [0.15, 0.2) is 0 Å². The molecule has 2 atom stereocenters. The van der Waals surface area contributed by atoms with Crippen LogP contribution in [0.15, 0.2) is 22.7 Å². The predicted octanol–water partition coefficient (Wildman–Crippen LogP) is 5.10. The molecule has 0 aromatic heterocycles. The van der Waals surface area contributed by atoms with Crippen molar-refractivity contribution in [1.82, 2.24) is 5.32 Å². The fraction of sp³-hybridized carbons (Fsp3) is 0.647. The second kappa shape index (κ2) is 6.57. The molecule has 4 heteroatoms. The zero-order valence-corrected chi connectivity index (χ0v) is 14.8. The first-order valence-corrected chi connectivity index (χ1v) is 9.07. The summed E-state index contributed by atoms with van der Waals surface area (Å²) in [6.45, 7) is 0.900. The highest BCUT2D eigenvalue weighted by molar-refractivity contribution is 9.10. The molecule has 21 heavy (non-hydrogen) atoms. The molecule has 1 heterocycles. The third-order valence-corrected chi connectivity index (χ3v) is 6.35. The van der Waals surface area contributed by atoms with E-state index in [0.29, 0.717) is 12.0 Å². The Bertz CT molecular complexity index is 502. The number of hydrogen-bond donors (Lipinski definition) is 1. The van der Waals surface area contributed by atoms with Crippen molar-refractivity contribution in [3.05, 3.63) is 33.3 Å². The van der Waals surface area contributed by atoms with Gasteiger partial charge in [-0.1, -0.05) is 30.5 Å². The fourth-order valence-electron chi connectivity index (χ4n) is 4.10. The predicted molar refractivity (Wildman–Crippen MR) is 90.8 cm³/mol. The lowest BCUT2D eigenvalue weighted by Gasteiger charge is -2.41. The Balaban J connectivity index is 1.80. The van der Waals surface area contributed by atoms with E-state index in [4.69, 9.17) is 16.3 Å². The molecular weight excluding hydrogens is 350 g/mol. The molecule has 0 amide bonds. The Labute approximate surface area is 140 Å². The molecule has 1 saturated carbocycles. The van der Waals surface area contributed by atoms with Gasteiger partial charge in [0.1, 0.15) is 0 Å². The molecule has 2 unspecified atom stereocenters. The van der Waals surface area contributed by atoms with Crippen LogP contribution in [0.4, 0.5) is 0 Å². The van der Waals surface area contributed by atoms with Crippen molar-refractivity contribution in [2.75, 3.05) is 13.7 Å². The lowest BCUT2D eigenvalue weighted by molar-refractivity contribution is -0.0978. The third-order valence-electron chi connectivity index (χ3n) is 5.13. The zero-order chi connectivity index (χ0) is 14.9. The number of rotatable bonds is 3. The monoisotopic (exact) mass is 371 g/mol. The first kappa shape index (κ1) is 15.8. The van der Waals surface area contributed by atoms with Crippen molar-refractivity contribution in [3.8, 4) is 0 Å². The van der Waals surface area contributed by atoms with Gasteiger partial charge in [-0.05, 0) is 72.3 Å². The molecule has 0 radical (unpaired) electrons. The number of benzene rings is 1. The first-order chi connectivity index (χ1) is 10.1. The molecule has 1 aliphatic heterocycles. The lowest BCUT2D eigenvalue weighted by atomic mass is 9.78. The van der Waals surface area contributed by atoms with Gasteiger partial charge in [0.05, 0.1) is 10.6 Å². The van der Waals surface area contributed by atoms with Crippen molar-refractivity contribution >= 4 is 27.5 Å². The van der Waals surface area contributed by atoms with E-state index >= 15 is 0 Å². The Morgan fingerprint density at radius 1 is 1.38 bits per heavy atom. The molecule has 2 aliphatic rings. The highest BCUT2D eigenvalue weighted by Gasteiger charge is 2.42. The summed E-state index contributed by atoms with van der Waals surface area (Å²) in [5.74, 6) is 0.634. The maximum atomic E-state index is 6.17. The maximum Gasteiger partial charge on any atom is 0.0686 e. The van der Waals surface area contributed by atoms with Crippen LogP contribution < -0.4 is 5.32 Å². The fourth-order valence-corrected chi connectivity index (χ4v) is 4.61. The summed E-state index contributed by atoms with van der Waals surface area (Å²) in [5, 5.41) is 4.29. The lowest BCUT2D eigenvalue weighted by Crippen LogP contribution is -2.41. The molecule has 1 aromatic rings. The van der Waals surface area contributed by atoms with Gasteiger partial charge in [0.25, 0.3) is 0 Å². The van der Waals surface area contributed by atoms with Crippen LogP contribution in [0.2, 0.25) is 5.02 Å². The average molecular weight is 373 g/mol. The van der Waals surface area contributed by atoms with Gasteiger partial charge in [-0.25, -0.2) is 0 Å². The molecule has 1 saturated heterocycles. The van der Waals surface area contributed by atoms with Gasteiger partial charge in [-0.15, -0.1) is 0 Å². The molecule has 2 nitrogen and oxygen atoms in total. The molecule has 1 aliphatic carbocycles. The molecule has 1 aromatic carbocycles. The van der Waals surface area contributed by atoms with Crippen LogP contribution in [0.3, 0.4) is 0 Å². The van der Waals surface area contributed by atoms with E-state index in [1.807, 2.05) is 6.07 Å². The molecule has 1 N–H and O–H groups in total. The molecule has 0 bridgehead atoms. The van der Waals surface area contributed by atoms with Crippen molar-refractivity contribution in [3.63, 3.8) is 0 Å². The molecule has 3 rings (SSSR count). The van der Waals surface area contributed by atoms with E-state index in [1.165, 1.54) is 37.7 Å². The van der Waals surface area contributed by atoms with Gasteiger partial charge < -0.3 is 10.1 Å². The summed E-state index contributed by atoms with van der Waals surface area (Å²) in [5.41, 5.74) is 1.48. The standard InChI is InChI=1S/C17H23BrClNO/c1-20-16(12-4-5-15(19)14(18)10-12)13-6-9-21-17(11-13)7-2-3-8-17/h4-5,10,13,16,20H,2-3,6-9,11H2,1H3. The Kier molecular flexibility index (Phi) is 4.94. The highest BCUT2D eigenvalue weighted by atomic mass is 79.9. The summed E-state index contributed by atoms with van der Waals surface area (Å²) in [4.78, 5) is 0. The van der Waals surface area contributed by atoms with E-state index in [-0.39, 0.29) is 5.60 Å². The second-order valence-electron chi connectivity index (χ2n) is 6.43. The van der Waals surface area contributed by atoms with Gasteiger partial charge in [0.2, 0.25) is 0 Å². The summed E-state index contributed by atoms with van der Waals surface area (Å²) in [7, 11) is 2.06. The van der Waals surface area contributed by atoms with Crippen molar-refractivity contribution in [1.29, 1.82) is 0 Å². The number of halogens is 2. The SMILES string of the molecule is CNC(c1ccc(Cl)c(Br)c1)C1CCOC2(CCCC2)C1. The molecular formula is C17H23BrClNO. The van der Waals surface area contributed by atoms with Crippen LogP contribution in [0, 0.1) is 5.92 Å². The summed E-state index contributed by atoms with van der Waals surface area (Å²) in [6.07, 6.45) is 7.44. The third kappa shape index (κ3) is 3.31. The highest BCUT2D eigenvalue weighted by Crippen LogP contribution is 2.45. The zero-order valence-electron chi connectivity index (χ0n) is 12.5. The minimum absolute atomic E-state index is 0.168. The topological polar surface area (TPSA) is 21.3 Å². The minimum Gasteiger partial charge on any atom is -0.375 e. The van der Waals surface area contributed by atoms with Gasteiger partial charge in [-0.2, -0.15) is 0 Å². The van der Waals surface area contributed by atoms with E-state index in [0.717, 1.165) is 22.5 Å². The van der Waals surface area contributed by atoms with Gasteiger partial charge in [-0.3, -0.25) is 0 Å². The van der Waals surface area contributed by atoms with Gasteiger partial charge >= 0.3 is 0 Å². The summed E-state index contributed by atoms with van der Waals surface area (Å²) >= 11 is 9.67. The number of nitrogens with one attached hydrogen (secondary N) is 1. The smallest absolute Gasteiger partial charge is 0.0686 e. The molecule has 1 spiro atoms. The van der Waals surface area contributed by atoms with E-state index < -0.39 is 0 Å². The quantitative estimate of drug-likeness (QED) is 0.796. The summed E-state index contributed by atoms with van der Waals surface area (Å²) in [6, 6.07) is 6.65. The molecule has 2 fully saturated rings. The van der Waals surface area contributed by atoms with Crippen LogP contribution in [0.5, 0.6) is 0 Å². The normalized spacial score (nSPS) is 26.1. The number of hydrogen-bond acceptors (Lipinski definition) is 2. The van der Waals surface area contributed by atoms with Crippen LogP contribution in [-0.2, 0) is 4.74 Å². The van der Waals surface area contributed by atoms with Crippen LogP contribution >= 0.6 is 27.5 Å². The minimum atomic E-state index is 0.168. The van der Waals surface area contributed by atoms with Crippen molar-refractivity contribution in [2.45, 2.75) is 50.2 Å². The van der Waals surface area contributed by atoms with Crippen LogP contribution in [0.25, 0.3) is 0 Å². The van der Waals surface area contributed by atoms with E-state index in [1.54, 1.807) is 0 Å². The van der Waals surface area contributed by atoms with Crippen molar-refractivity contribution in [2.24, 2.45) is 5.92 Å². The Morgan fingerprint density at radius 2 is 2.14 bits per heavy atom.